The number of nitrogens with zero attached hydrogens (tertiary/aromatic N) is 4. The molecule has 0 bridgehead atoms. The van der Waals surface area contributed by atoms with Crippen molar-refractivity contribution in [3.63, 3.8) is 0 Å². The van der Waals surface area contributed by atoms with Crippen LogP contribution in [0.25, 0.3) is 10.9 Å². The molecule has 0 radical (unpaired) electrons. The van der Waals surface area contributed by atoms with Crippen LogP contribution in [0, 0.1) is 11.8 Å². The number of likely N-dealkylation sites (N-methyl/N-ethyl adjacent to an activating group) is 1. The molecule has 1 aromatic carbocycles. The van der Waals surface area contributed by atoms with E-state index in [0.717, 1.165) is 37.6 Å². The predicted molar refractivity (Wildman–Crippen MR) is 173 cm³/mol. The highest BCUT2D eigenvalue weighted by atomic mass is 35.5. The summed E-state index contributed by atoms with van der Waals surface area (Å²) >= 11 is 0. The lowest BCUT2D eigenvalue weighted by molar-refractivity contribution is -0.147. The molecule has 1 aromatic heterocycles. The second-order valence-electron chi connectivity index (χ2n) is 12.5. The maximum Gasteiger partial charge on any atom is 0.271 e. The van der Waals surface area contributed by atoms with E-state index in [1.54, 1.807) is 60.6 Å². The molecule has 45 heavy (non-hydrogen) atoms. The molecule has 13 heteroatoms. The highest BCUT2D eigenvalue weighted by Crippen LogP contribution is 2.38. The number of carbonyl (C=O) groups is 4. The summed E-state index contributed by atoms with van der Waals surface area (Å²) in [6, 6.07) is 5.45. The summed E-state index contributed by atoms with van der Waals surface area (Å²) in [6.45, 7) is 3.94. The zero-order chi connectivity index (χ0) is 31.8. The highest BCUT2D eigenvalue weighted by Gasteiger charge is 2.49. The van der Waals surface area contributed by atoms with Crippen LogP contribution in [-0.2, 0) is 21.4 Å². The lowest BCUT2D eigenvalue weighted by Gasteiger charge is -2.44. The van der Waals surface area contributed by atoms with Gasteiger partial charge in [-0.3, -0.25) is 19.2 Å². The van der Waals surface area contributed by atoms with E-state index in [4.69, 9.17) is 15.2 Å². The fourth-order valence-electron chi connectivity index (χ4n) is 7.22. The lowest BCUT2D eigenvalue weighted by Crippen LogP contribution is -2.64. The summed E-state index contributed by atoms with van der Waals surface area (Å²) in [5, 5.41) is 3.76. The molecule has 2 atom stereocenters. The summed E-state index contributed by atoms with van der Waals surface area (Å²) in [4.78, 5) is 59.9. The molecular formula is C32H47ClN6O6. The number of benzene rings is 1. The van der Waals surface area contributed by atoms with Gasteiger partial charge < -0.3 is 39.8 Å². The van der Waals surface area contributed by atoms with Crippen LogP contribution in [-0.4, -0.2) is 115 Å². The maximum absolute atomic E-state index is 14.2. The number of primary amides is 1. The molecule has 2 aromatic rings. The molecule has 2 aliphatic heterocycles. The normalized spacial score (nSPS) is 19.8. The SMILES string of the molecule is CNC(C)(C(N)=O)[C@@H](C(=O)N1CCN(C(=O)c2c(C(=O)N3CC(OC)C3)c3ccc(OC)cc3n2C)CC1)C1CCCCC1.Cl. The molecule has 3 heterocycles. The topological polar surface area (TPSA) is 139 Å². The number of fused-ring (bicyclic) bond motifs is 1. The van der Waals surface area contributed by atoms with Gasteiger partial charge in [-0.05, 0) is 44.9 Å². The van der Waals surface area contributed by atoms with Crippen LogP contribution in [0.5, 0.6) is 5.75 Å². The van der Waals surface area contributed by atoms with Gasteiger partial charge in [0, 0.05) is 64.9 Å². The van der Waals surface area contributed by atoms with Crippen LogP contribution in [0.4, 0.5) is 0 Å². The number of methoxy groups -OCH3 is 2. The van der Waals surface area contributed by atoms with Crippen LogP contribution >= 0.6 is 12.4 Å². The quantitative estimate of drug-likeness (QED) is 0.425. The Morgan fingerprint density at radius 3 is 2.13 bits per heavy atom. The standard InChI is InChI=1S/C32H46N6O6.ClH/c1-32(34-2,31(33)42)26(20-9-7-6-8-10-20)29(40)36-13-15-37(16-14-36)30(41)27-25(28(39)38-18-22(19-38)44-5)23-12-11-21(43-4)17-24(23)35(27)3;/h11-12,17,20,22,26,34H,6-10,13-16,18-19H2,1-5H3,(H2,33,42);1H/t26-,32?;/m1./s1. The number of piperazine rings is 1. The summed E-state index contributed by atoms with van der Waals surface area (Å²) in [5.74, 6) is -1.01. The molecule has 12 nitrogen and oxygen atoms in total. The van der Waals surface area contributed by atoms with E-state index < -0.39 is 17.4 Å². The number of rotatable bonds is 9. The summed E-state index contributed by atoms with van der Waals surface area (Å²) < 4.78 is 12.6. The van der Waals surface area contributed by atoms with Crippen molar-refractivity contribution in [2.24, 2.45) is 24.6 Å². The van der Waals surface area contributed by atoms with E-state index in [2.05, 4.69) is 5.32 Å². The zero-order valence-electron chi connectivity index (χ0n) is 27.0. The largest absolute Gasteiger partial charge is 0.497 e. The third kappa shape index (κ3) is 6.24. The number of likely N-dealkylation sites (tertiary alicyclic amines) is 1. The minimum Gasteiger partial charge on any atom is -0.497 e. The number of aryl methyl sites for hydroxylation is 1. The number of carbonyl (C=O) groups excluding carboxylic acids is 4. The monoisotopic (exact) mass is 646 g/mol. The second-order valence-corrected chi connectivity index (χ2v) is 12.5. The molecule has 3 aliphatic rings. The maximum atomic E-state index is 14.2. The minimum atomic E-state index is -1.18. The van der Waals surface area contributed by atoms with Crippen molar-refractivity contribution in [1.29, 1.82) is 0 Å². The molecule has 1 aliphatic carbocycles. The predicted octanol–water partition coefficient (Wildman–Crippen LogP) is 2.02. The average Bonchev–Trinajstić information content (AvgIpc) is 3.31. The van der Waals surface area contributed by atoms with Gasteiger partial charge in [0.15, 0.2) is 0 Å². The van der Waals surface area contributed by atoms with Gasteiger partial charge in [0.2, 0.25) is 11.8 Å². The fourth-order valence-corrected chi connectivity index (χ4v) is 7.22. The highest BCUT2D eigenvalue weighted by molar-refractivity contribution is 6.16. The molecule has 4 amide bonds. The van der Waals surface area contributed by atoms with Crippen molar-refractivity contribution >= 4 is 46.9 Å². The number of halogens is 1. The first-order chi connectivity index (χ1) is 21.0. The van der Waals surface area contributed by atoms with E-state index in [9.17, 15) is 19.2 Å². The van der Waals surface area contributed by atoms with Gasteiger partial charge in [-0.15, -0.1) is 12.4 Å². The molecule has 1 unspecified atom stereocenters. The second kappa shape index (κ2) is 14.0. The zero-order valence-corrected chi connectivity index (χ0v) is 27.8. The van der Waals surface area contributed by atoms with Gasteiger partial charge in [0.25, 0.3) is 11.8 Å². The van der Waals surface area contributed by atoms with Crippen molar-refractivity contribution in [3.05, 3.63) is 29.5 Å². The first kappa shape index (κ1) is 34.5. The van der Waals surface area contributed by atoms with Crippen LogP contribution in [0.15, 0.2) is 18.2 Å². The van der Waals surface area contributed by atoms with Crippen LogP contribution in [0.2, 0.25) is 0 Å². The number of ether oxygens (including phenoxy) is 2. The molecule has 1 saturated carbocycles. The molecule has 3 N–H and O–H groups in total. The fraction of sp³-hybridized carbons (Fsp3) is 0.625. The Hall–Kier alpha value is -3.35. The summed E-state index contributed by atoms with van der Waals surface area (Å²) in [6.07, 6.45) is 4.92. The smallest absolute Gasteiger partial charge is 0.271 e. The molecule has 3 fully saturated rings. The van der Waals surface area contributed by atoms with Gasteiger partial charge in [0.1, 0.15) is 17.0 Å². The summed E-state index contributed by atoms with van der Waals surface area (Å²) in [5.41, 5.74) is 6.09. The summed E-state index contributed by atoms with van der Waals surface area (Å²) in [7, 11) is 6.67. The van der Waals surface area contributed by atoms with Crippen LogP contribution in [0.1, 0.15) is 59.9 Å². The Labute approximate surface area is 270 Å². The Kier molecular flexibility index (Phi) is 10.7. The van der Waals surface area contributed by atoms with Crippen LogP contribution in [0.3, 0.4) is 0 Å². The number of hydrogen-bond donors (Lipinski definition) is 2. The van der Waals surface area contributed by atoms with E-state index in [-0.39, 0.29) is 42.2 Å². The Morgan fingerprint density at radius 2 is 1.58 bits per heavy atom. The molecular weight excluding hydrogens is 600 g/mol. The first-order valence-corrected chi connectivity index (χ1v) is 15.6. The van der Waals surface area contributed by atoms with Gasteiger partial charge in [-0.2, -0.15) is 0 Å². The van der Waals surface area contributed by atoms with E-state index in [1.807, 2.05) is 12.1 Å². The Bertz CT molecular complexity index is 1430. The van der Waals surface area contributed by atoms with Crippen molar-refractivity contribution in [2.45, 2.75) is 50.7 Å². The van der Waals surface area contributed by atoms with Crippen molar-refractivity contribution in [1.82, 2.24) is 24.6 Å². The van der Waals surface area contributed by atoms with E-state index >= 15 is 0 Å². The van der Waals surface area contributed by atoms with E-state index in [0.29, 0.717) is 61.7 Å². The van der Waals surface area contributed by atoms with Crippen molar-refractivity contribution < 1.29 is 28.7 Å². The van der Waals surface area contributed by atoms with Crippen molar-refractivity contribution in [2.75, 3.05) is 60.5 Å². The number of aromatic nitrogens is 1. The van der Waals surface area contributed by atoms with Crippen molar-refractivity contribution in [3.8, 4) is 5.75 Å². The average molecular weight is 647 g/mol. The van der Waals surface area contributed by atoms with Gasteiger partial charge in [-0.25, -0.2) is 0 Å². The number of amides is 4. The number of hydrogen-bond acceptors (Lipinski definition) is 7. The number of nitrogens with one attached hydrogen (secondary N) is 1. The lowest BCUT2D eigenvalue weighted by atomic mass is 9.69. The molecule has 0 spiro atoms. The van der Waals surface area contributed by atoms with Crippen LogP contribution < -0.4 is 15.8 Å². The molecule has 2 saturated heterocycles. The van der Waals surface area contributed by atoms with Gasteiger partial charge in [0.05, 0.1) is 30.2 Å². The Morgan fingerprint density at radius 1 is 0.956 bits per heavy atom. The van der Waals surface area contributed by atoms with E-state index in [1.165, 1.54) is 0 Å². The first-order valence-electron chi connectivity index (χ1n) is 15.6. The third-order valence-electron chi connectivity index (χ3n) is 10.2. The minimum absolute atomic E-state index is 0. The number of nitrogens with two attached hydrogens (primary N) is 1. The molecule has 5 rings (SSSR count). The Balaban J connectivity index is 0.00000461. The van der Waals surface area contributed by atoms with Gasteiger partial charge >= 0.3 is 0 Å². The van der Waals surface area contributed by atoms with Gasteiger partial charge in [-0.1, -0.05) is 19.3 Å². The third-order valence-corrected chi connectivity index (χ3v) is 10.2. The molecule has 248 valence electrons.